The number of carboxylic acid groups (broad SMARTS) is 1. The number of methoxy groups -OCH3 is 1. The average Bonchev–Trinajstić information content (AvgIpc) is 2.01. The van der Waals surface area contributed by atoms with Gasteiger partial charge in [0.2, 0.25) is 0 Å². The van der Waals surface area contributed by atoms with E-state index in [1.807, 2.05) is 0 Å². The minimum absolute atomic E-state index is 0.362. The number of carbonyl (C=O) groups excluding carboxylic acids is 1. The number of hydrogen-bond acceptors (Lipinski definition) is 5. The Bertz CT molecular complexity index is 190. The molecular weight excluding hydrogens is 166 g/mol. The molecule has 0 aromatic heterocycles. The molecule has 0 fully saturated rings. The molecule has 1 unspecified atom stereocenters. The molecule has 0 bridgehead atoms. The first-order valence-corrected chi connectivity index (χ1v) is 3.20. The molecule has 0 saturated heterocycles. The summed E-state index contributed by atoms with van der Waals surface area (Å²) in [5.74, 6) is -2.85. The molecule has 6 heteroatoms. The lowest BCUT2D eigenvalue weighted by Crippen LogP contribution is -2.22. The van der Waals surface area contributed by atoms with Crippen LogP contribution in [0.25, 0.3) is 0 Å². The zero-order chi connectivity index (χ0) is 9.56. The van der Waals surface area contributed by atoms with Crippen molar-refractivity contribution in [2.75, 3.05) is 13.7 Å². The van der Waals surface area contributed by atoms with Gasteiger partial charge in [-0.1, -0.05) is 5.18 Å². The van der Waals surface area contributed by atoms with E-state index in [2.05, 4.69) is 9.91 Å². The summed E-state index contributed by atoms with van der Waals surface area (Å²) in [5, 5.41) is 10.7. The Labute approximate surface area is 68.5 Å². The maximum Gasteiger partial charge on any atom is 0.311 e. The molecule has 1 N–H and O–H groups in total. The van der Waals surface area contributed by atoms with Crippen molar-refractivity contribution in [3.8, 4) is 0 Å². The third kappa shape index (κ3) is 3.65. The van der Waals surface area contributed by atoms with E-state index in [1.165, 1.54) is 0 Å². The molecule has 0 rings (SSSR count). The first-order valence-electron chi connectivity index (χ1n) is 3.20. The van der Waals surface area contributed by atoms with Gasteiger partial charge in [0.1, 0.15) is 0 Å². The van der Waals surface area contributed by atoms with Crippen LogP contribution in [0.4, 0.5) is 0 Å². The maximum atomic E-state index is 10.8. The van der Waals surface area contributed by atoms with E-state index in [9.17, 15) is 14.5 Å². The molecule has 0 saturated carbocycles. The lowest BCUT2D eigenvalue weighted by atomic mass is 10.1. The predicted molar refractivity (Wildman–Crippen MR) is 38.4 cm³/mol. The molecule has 0 amide bonds. The van der Waals surface area contributed by atoms with Crippen LogP contribution < -0.4 is 0 Å². The van der Waals surface area contributed by atoms with Crippen LogP contribution in [-0.2, 0) is 14.3 Å². The van der Waals surface area contributed by atoms with Crippen molar-refractivity contribution >= 4 is 11.9 Å². The van der Waals surface area contributed by atoms with Gasteiger partial charge in [-0.05, 0) is 0 Å². The maximum absolute atomic E-state index is 10.8. The molecule has 0 aromatic carbocycles. The van der Waals surface area contributed by atoms with Crippen molar-refractivity contribution in [3.05, 3.63) is 4.91 Å². The molecule has 0 aromatic rings. The van der Waals surface area contributed by atoms with Gasteiger partial charge in [0.15, 0.2) is 0 Å². The predicted octanol–water partition coefficient (Wildman–Crippen LogP) is 0.0167. The van der Waals surface area contributed by atoms with E-state index in [0.29, 0.717) is 0 Å². The second-order valence-corrected chi connectivity index (χ2v) is 2.13. The van der Waals surface area contributed by atoms with Gasteiger partial charge >= 0.3 is 11.9 Å². The summed E-state index contributed by atoms with van der Waals surface area (Å²) in [7, 11) is 1.13. The van der Waals surface area contributed by atoms with Crippen LogP contribution in [0.1, 0.15) is 6.42 Å². The summed E-state index contributed by atoms with van der Waals surface area (Å²) in [6.45, 7) is -0.362. The fourth-order valence-corrected chi connectivity index (χ4v) is 0.690. The highest BCUT2D eigenvalue weighted by Crippen LogP contribution is 2.05. The lowest BCUT2D eigenvalue weighted by molar-refractivity contribution is -0.150. The van der Waals surface area contributed by atoms with Crippen molar-refractivity contribution < 1.29 is 19.4 Å². The van der Waals surface area contributed by atoms with Crippen molar-refractivity contribution in [3.63, 3.8) is 0 Å². The topological polar surface area (TPSA) is 93.0 Å². The Morgan fingerprint density at radius 2 is 2.17 bits per heavy atom. The molecule has 0 heterocycles. The number of hydrogen-bond donors (Lipinski definition) is 1. The largest absolute Gasteiger partial charge is 0.481 e. The van der Waals surface area contributed by atoms with Gasteiger partial charge < -0.3 is 9.84 Å². The third-order valence-corrected chi connectivity index (χ3v) is 1.25. The fraction of sp³-hybridized carbons (Fsp3) is 0.667. The van der Waals surface area contributed by atoms with Crippen molar-refractivity contribution in [1.82, 2.24) is 0 Å². The number of carboxylic acids is 1. The number of rotatable bonds is 5. The standard InChI is InChI=1S/C6H9NO5/c1-12-6(10)4(3-7-11)2-5(8)9/h4H,2-3H2,1H3,(H,8,9). The first-order chi connectivity index (χ1) is 5.61. The first kappa shape index (κ1) is 10.5. The summed E-state index contributed by atoms with van der Waals surface area (Å²) in [4.78, 5) is 30.7. The second kappa shape index (κ2) is 5.22. The van der Waals surface area contributed by atoms with Gasteiger partial charge in [0, 0.05) is 0 Å². The van der Waals surface area contributed by atoms with E-state index in [1.54, 1.807) is 0 Å². The smallest absolute Gasteiger partial charge is 0.311 e. The number of carbonyl (C=O) groups is 2. The highest BCUT2D eigenvalue weighted by atomic mass is 16.5. The monoisotopic (exact) mass is 175 g/mol. The minimum atomic E-state index is -1.16. The summed E-state index contributed by atoms with van der Waals surface area (Å²) in [6, 6.07) is 0. The summed E-state index contributed by atoms with van der Waals surface area (Å²) in [5.41, 5.74) is 0. The molecule has 0 aliphatic rings. The number of nitrogens with zero attached hydrogens (tertiary/aromatic N) is 1. The molecule has 0 radical (unpaired) electrons. The number of esters is 1. The number of ether oxygens (including phenoxy) is 1. The van der Waals surface area contributed by atoms with Crippen LogP contribution in [0.15, 0.2) is 5.18 Å². The molecule has 12 heavy (non-hydrogen) atoms. The summed E-state index contributed by atoms with van der Waals surface area (Å²) < 4.78 is 4.26. The second-order valence-electron chi connectivity index (χ2n) is 2.13. The number of nitroso groups, excluding NO2 is 1. The SMILES string of the molecule is COC(=O)C(CN=O)CC(=O)O. The van der Waals surface area contributed by atoms with Gasteiger partial charge in [-0.25, -0.2) is 0 Å². The van der Waals surface area contributed by atoms with Gasteiger partial charge in [-0.2, -0.15) is 4.91 Å². The number of aliphatic carboxylic acids is 1. The normalized spacial score (nSPS) is 11.8. The van der Waals surface area contributed by atoms with E-state index in [0.717, 1.165) is 7.11 Å². The fourth-order valence-electron chi connectivity index (χ4n) is 0.690. The quantitative estimate of drug-likeness (QED) is 0.469. The van der Waals surface area contributed by atoms with E-state index >= 15 is 0 Å². The van der Waals surface area contributed by atoms with E-state index in [4.69, 9.17) is 5.11 Å². The molecule has 68 valence electrons. The summed E-state index contributed by atoms with van der Waals surface area (Å²) in [6.07, 6.45) is -0.432. The van der Waals surface area contributed by atoms with Crippen LogP contribution >= 0.6 is 0 Å². The van der Waals surface area contributed by atoms with Crippen molar-refractivity contribution in [2.45, 2.75) is 6.42 Å². The zero-order valence-electron chi connectivity index (χ0n) is 6.52. The van der Waals surface area contributed by atoms with Crippen LogP contribution in [0.5, 0.6) is 0 Å². The van der Waals surface area contributed by atoms with Gasteiger partial charge in [0.25, 0.3) is 0 Å². The molecular formula is C6H9NO5. The molecule has 0 spiro atoms. The highest BCUT2D eigenvalue weighted by Gasteiger charge is 2.22. The highest BCUT2D eigenvalue weighted by molar-refractivity contribution is 5.79. The van der Waals surface area contributed by atoms with Crippen LogP contribution in [-0.4, -0.2) is 30.7 Å². The Morgan fingerprint density at radius 3 is 2.50 bits per heavy atom. The Kier molecular flexibility index (Phi) is 4.59. The van der Waals surface area contributed by atoms with Gasteiger partial charge in [-0.3, -0.25) is 9.59 Å². The van der Waals surface area contributed by atoms with E-state index in [-0.39, 0.29) is 6.54 Å². The Morgan fingerprint density at radius 1 is 1.58 bits per heavy atom. The molecule has 1 atom stereocenters. The van der Waals surface area contributed by atoms with Crippen LogP contribution in [0.2, 0.25) is 0 Å². The Balaban J connectivity index is 4.11. The summed E-state index contributed by atoms with van der Waals surface area (Å²) >= 11 is 0. The molecule has 0 aliphatic heterocycles. The van der Waals surface area contributed by atoms with Crippen LogP contribution in [0.3, 0.4) is 0 Å². The van der Waals surface area contributed by atoms with E-state index < -0.39 is 24.3 Å². The third-order valence-electron chi connectivity index (χ3n) is 1.25. The molecule has 0 aliphatic carbocycles. The van der Waals surface area contributed by atoms with Crippen LogP contribution in [0, 0.1) is 10.8 Å². The van der Waals surface area contributed by atoms with Crippen molar-refractivity contribution in [1.29, 1.82) is 0 Å². The van der Waals surface area contributed by atoms with Gasteiger partial charge in [0.05, 0.1) is 26.0 Å². The minimum Gasteiger partial charge on any atom is -0.481 e. The Hall–Kier alpha value is -1.46. The van der Waals surface area contributed by atoms with Crippen molar-refractivity contribution in [2.24, 2.45) is 11.1 Å². The average molecular weight is 175 g/mol. The lowest BCUT2D eigenvalue weighted by Gasteiger charge is -2.06. The van der Waals surface area contributed by atoms with Gasteiger partial charge in [-0.15, -0.1) is 0 Å². The zero-order valence-corrected chi connectivity index (χ0v) is 6.52. The molecule has 6 nitrogen and oxygen atoms in total.